The minimum atomic E-state index is -0.00306. The van der Waals surface area contributed by atoms with Crippen LogP contribution < -0.4 is 5.32 Å². The number of amides is 1. The Morgan fingerprint density at radius 2 is 1.94 bits per heavy atom. The Hall–Kier alpha value is -0.100. The summed E-state index contributed by atoms with van der Waals surface area (Å²) in [6.07, 6.45) is 0. The molecule has 0 heterocycles. The van der Waals surface area contributed by atoms with Crippen molar-refractivity contribution >= 4 is 44.4 Å². The summed E-state index contributed by atoms with van der Waals surface area (Å²) in [4.78, 5) is 11.9. The normalized spacial score (nSPS) is 14.2. The average Bonchev–Trinajstić information content (AvgIpc) is 2.28. The first-order valence-electron chi connectivity index (χ1n) is 5.17. The molecule has 16 heavy (non-hydrogen) atoms. The lowest BCUT2D eigenvalue weighted by Gasteiger charge is -2.19. The van der Waals surface area contributed by atoms with E-state index in [1.165, 1.54) is 0 Å². The van der Waals surface area contributed by atoms with Gasteiger partial charge in [0.15, 0.2) is 0 Å². The van der Waals surface area contributed by atoms with Crippen LogP contribution in [0.1, 0.15) is 24.2 Å². The highest BCUT2D eigenvalue weighted by Gasteiger charge is 2.14. The Kier molecular flexibility index (Phi) is 5.75. The second-order valence-electron chi connectivity index (χ2n) is 3.90. The topological polar surface area (TPSA) is 29.1 Å². The fourth-order valence-corrected chi connectivity index (χ4v) is 2.09. The molecule has 1 N–H and O–H groups in total. The van der Waals surface area contributed by atoms with Crippen molar-refractivity contribution in [3.8, 4) is 0 Å². The third-order valence-corrected chi connectivity index (χ3v) is 4.30. The number of benzene rings is 1. The largest absolute Gasteiger partial charge is 0.349 e. The summed E-state index contributed by atoms with van der Waals surface area (Å²) < 4.78 is 1.14. The number of carbonyl (C=O) groups excluding carboxylic acids is 1. The van der Waals surface area contributed by atoms with Crippen LogP contribution in [0.3, 0.4) is 0 Å². The highest BCUT2D eigenvalue weighted by molar-refractivity contribution is 14.1. The predicted molar refractivity (Wildman–Crippen MR) is 79.0 cm³/mol. The Morgan fingerprint density at radius 3 is 2.44 bits per heavy atom. The summed E-state index contributed by atoms with van der Waals surface area (Å²) in [6.45, 7) is 4.13. The summed E-state index contributed by atoms with van der Waals surface area (Å²) in [6, 6.07) is 7.75. The zero-order valence-electron chi connectivity index (χ0n) is 9.34. The molecule has 0 aromatic heterocycles. The summed E-state index contributed by atoms with van der Waals surface area (Å²) in [5.41, 5.74) is 0.717. The van der Waals surface area contributed by atoms with Crippen LogP contribution in [-0.4, -0.2) is 17.3 Å². The van der Waals surface area contributed by atoms with Crippen molar-refractivity contribution in [1.29, 1.82) is 0 Å². The minimum Gasteiger partial charge on any atom is -0.349 e. The van der Waals surface area contributed by atoms with Crippen molar-refractivity contribution in [1.82, 2.24) is 5.32 Å². The van der Waals surface area contributed by atoms with Gasteiger partial charge in [-0.25, -0.2) is 0 Å². The van der Waals surface area contributed by atoms with E-state index in [-0.39, 0.29) is 11.9 Å². The first-order valence-corrected chi connectivity index (χ1v) is 7.37. The smallest absolute Gasteiger partial charge is 0.251 e. The van der Waals surface area contributed by atoms with E-state index < -0.39 is 0 Å². The molecule has 88 valence electrons. The molecule has 1 aromatic carbocycles. The van der Waals surface area contributed by atoms with Crippen molar-refractivity contribution in [3.05, 3.63) is 33.4 Å². The SMILES string of the molecule is CC(CBr)C(C)NC(=O)c1ccc(I)cc1. The molecule has 1 amide bonds. The number of hydrogen-bond donors (Lipinski definition) is 1. The molecule has 0 fully saturated rings. The second kappa shape index (κ2) is 6.59. The van der Waals surface area contributed by atoms with Crippen LogP contribution in [0.4, 0.5) is 0 Å². The Labute approximate surface area is 118 Å². The van der Waals surface area contributed by atoms with Gasteiger partial charge in [0, 0.05) is 20.5 Å². The molecular weight excluding hydrogens is 381 g/mol. The van der Waals surface area contributed by atoms with Crippen LogP contribution in [-0.2, 0) is 0 Å². The zero-order valence-corrected chi connectivity index (χ0v) is 13.1. The van der Waals surface area contributed by atoms with Crippen LogP contribution >= 0.6 is 38.5 Å². The molecule has 2 unspecified atom stereocenters. The highest BCUT2D eigenvalue weighted by Crippen LogP contribution is 2.09. The molecule has 2 nitrogen and oxygen atoms in total. The molecule has 0 saturated carbocycles. The summed E-state index contributed by atoms with van der Waals surface area (Å²) in [7, 11) is 0. The van der Waals surface area contributed by atoms with E-state index in [0.29, 0.717) is 11.5 Å². The fraction of sp³-hybridized carbons (Fsp3) is 0.417. The minimum absolute atomic E-state index is 0.00306. The number of alkyl halides is 1. The maximum absolute atomic E-state index is 11.9. The molecule has 0 saturated heterocycles. The van der Waals surface area contributed by atoms with Gasteiger partial charge in [-0.3, -0.25) is 4.79 Å². The Balaban J connectivity index is 2.62. The monoisotopic (exact) mass is 395 g/mol. The highest BCUT2D eigenvalue weighted by atomic mass is 127. The van der Waals surface area contributed by atoms with Crippen molar-refractivity contribution in [2.24, 2.45) is 5.92 Å². The van der Waals surface area contributed by atoms with Gasteiger partial charge < -0.3 is 5.32 Å². The number of nitrogens with one attached hydrogen (secondary N) is 1. The lowest BCUT2D eigenvalue weighted by atomic mass is 10.1. The van der Waals surface area contributed by atoms with Crippen molar-refractivity contribution < 1.29 is 4.79 Å². The van der Waals surface area contributed by atoms with Crippen molar-refractivity contribution in [2.75, 3.05) is 5.33 Å². The standard InChI is InChI=1S/C12H15BrINO/c1-8(7-13)9(2)15-12(16)10-3-5-11(14)6-4-10/h3-6,8-9H,7H2,1-2H3,(H,15,16). The van der Waals surface area contributed by atoms with E-state index >= 15 is 0 Å². The van der Waals surface area contributed by atoms with Gasteiger partial charge >= 0.3 is 0 Å². The summed E-state index contributed by atoms with van der Waals surface area (Å²) >= 11 is 5.64. The summed E-state index contributed by atoms with van der Waals surface area (Å²) in [5, 5.41) is 3.88. The van der Waals surface area contributed by atoms with Crippen LogP contribution in [0.25, 0.3) is 0 Å². The summed E-state index contributed by atoms with van der Waals surface area (Å²) in [5.74, 6) is 0.421. The Morgan fingerprint density at radius 1 is 1.38 bits per heavy atom. The second-order valence-corrected chi connectivity index (χ2v) is 5.79. The van der Waals surface area contributed by atoms with Gasteiger partial charge in [-0.15, -0.1) is 0 Å². The van der Waals surface area contributed by atoms with Gasteiger partial charge in [-0.05, 0) is 59.7 Å². The molecule has 0 spiro atoms. The number of carbonyl (C=O) groups is 1. The zero-order chi connectivity index (χ0) is 12.1. The Bertz CT molecular complexity index is 353. The first-order chi connectivity index (χ1) is 7.54. The van der Waals surface area contributed by atoms with Crippen LogP contribution in [0.2, 0.25) is 0 Å². The quantitative estimate of drug-likeness (QED) is 0.614. The third-order valence-electron chi connectivity index (χ3n) is 2.56. The van der Waals surface area contributed by atoms with Gasteiger partial charge in [0.1, 0.15) is 0 Å². The molecule has 0 bridgehead atoms. The maximum atomic E-state index is 11.9. The van der Waals surface area contributed by atoms with Crippen molar-refractivity contribution in [3.63, 3.8) is 0 Å². The number of rotatable bonds is 4. The van der Waals surface area contributed by atoms with E-state index in [2.05, 4.69) is 50.8 Å². The third kappa shape index (κ3) is 4.05. The van der Waals surface area contributed by atoms with Crippen molar-refractivity contribution in [2.45, 2.75) is 19.9 Å². The lowest BCUT2D eigenvalue weighted by molar-refractivity contribution is 0.0931. The molecule has 2 atom stereocenters. The molecule has 1 rings (SSSR count). The lowest BCUT2D eigenvalue weighted by Crippen LogP contribution is -2.37. The van der Waals surface area contributed by atoms with Crippen LogP contribution in [0.15, 0.2) is 24.3 Å². The molecule has 0 aliphatic heterocycles. The predicted octanol–water partition coefficient (Wildman–Crippen LogP) is 3.44. The van der Waals surface area contributed by atoms with E-state index in [9.17, 15) is 4.79 Å². The number of halogens is 2. The van der Waals surface area contributed by atoms with Gasteiger partial charge in [-0.1, -0.05) is 22.9 Å². The maximum Gasteiger partial charge on any atom is 0.251 e. The fourth-order valence-electron chi connectivity index (χ4n) is 1.17. The molecule has 1 aromatic rings. The van der Waals surface area contributed by atoms with Gasteiger partial charge in [-0.2, -0.15) is 0 Å². The molecule has 4 heteroatoms. The average molecular weight is 396 g/mol. The van der Waals surface area contributed by atoms with Gasteiger partial charge in [0.05, 0.1) is 0 Å². The first kappa shape index (κ1) is 14.0. The van der Waals surface area contributed by atoms with E-state index in [4.69, 9.17) is 0 Å². The van der Waals surface area contributed by atoms with E-state index in [1.54, 1.807) is 0 Å². The molecule has 0 aliphatic carbocycles. The van der Waals surface area contributed by atoms with Gasteiger partial charge in [0.2, 0.25) is 0 Å². The molecule has 0 aliphatic rings. The molecular formula is C12H15BrINO. The van der Waals surface area contributed by atoms with Crippen LogP contribution in [0.5, 0.6) is 0 Å². The van der Waals surface area contributed by atoms with Gasteiger partial charge in [0.25, 0.3) is 5.91 Å². The molecule has 0 radical (unpaired) electrons. The van der Waals surface area contributed by atoms with Crippen LogP contribution in [0, 0.1) is 9.49 Å². The van der Waals surface area contributed by atoms with E-state index in [0.717, 1.165) is 8.90 Å². The van der Waals surface area contributed by atoms with E-state index in [1.807, 2.05) is 31.2 Å². The number of hydrogen-bond acceptors (Lipinski definition) is 1.